The van der Waals surface area contributed by atoms with Crippen molar-refractivity contribution in [2.45, 2.75) is 5.03 Å². The molecule has 0 bridgehead atoms. The average molecular weight is 310 g/mol. The Morgan fingerprint density at radius 3 is 3.06 bits per heavy atom. The van der Waals surface area contributed by atoms with Crippen LogP contribution in [0.1, 0.15) is 0 Å². The lowest BCUT2D eigenvalue weighted by atomic mass is 10.7. The Balaban J connectivity index is 2.37. The molecule has 10 heteroatoms. The number of methoxy groups -OCH3 is 1. The van der Waals surface area contributed by atoms with Gasteiger partial charge in [0.15, 0.2) is 15.1 Å². The van der Waals surface area contributed by atoms with Crippen LogP contribution in [0.4, 0.5) is 0 Å². The molecule has 0 unspecified atom stereocenters. The number of nitrogens with one attached hydrogen (secondary N) is 1. The van der Waals surface area contributed by atoms with E-state index in [1.807, 2.05) is 0 Å². The van der Waals surface area contributed by atoms with Gasteiger partial charge in [-0.2, -0.15) is 4.72 Å². The molecule has 0 amide bonds. The molecule has 1 N–H and O–H groups in total. The van der Waals surface area contributed by atoms with Gasteiger partial charge in [0.2, 0.25) is 0 Å². The lowest BCUT2D eigenvalue weighted by molar-refractivity contribution is -0.139. The van der Waals surface area contributed by atoms with Gasteiger partial charge >= 0.3 is 5.97 Å². The summed E-state index contributed by atoms with van der Waals surface area (Å²) >= 11 is 7.03. The second-order valence-electron chi connectivity index (χ2n) is 3.16. The minimum absolute atomic E-state index is 0.140. The highest BCUT2D eigenvalue weighted by molar-refractivity contribution is 7.89. The first-order valence-corrected chi connectivity index (χ1v) is 7.37. The molecule has 0 radical (unpaired) electrons. The minimum atomic E-state index is -3.92. The fourth-order valence-electron chi connectivity index (χ4n) is 1.27. The molecular weight excluding hydrogens is 302 g/mol. The highest BCUT2D eigenvalue weighted by atomic mass is 35.5. The molecule has 0 fully saturated rings. The van der Waals surface area contributed by atoms with Gasteiger partial charge in [0, 0.05) is 11.6 Å². The molecule has 0 saturated heterocycles. The topological polar surface area (TPSA) is 89.8 Å². The Bertz CT molecular complexity index is 690. The molecule has 2 rings (SSSR count). The van der Waals surface area contributed by atoms with Crippen LogP contribution in [0.25, 0.3) is 4.96 Å². The largest absolute Gasteiger partial charge is 0.468 e. The van der Waals surface area contributed by atoms with E-state index in [1.165, 1.54) is 29.0 Å². The number of hydrogen-bond acceptors (Lipinski definition) is 6. The van der Waals surface area contributed by atoms with E-state index < -0.39 is 22.5 Å². The Hall–Kier alpha value is -1.16. The maximum atomic E-state index is 12.0. The van der Waals surface area contributed by atoms with Crippen molar-refractivity contribution in [2.75, 3.05) is 13.7 Å². The van der Waals surface area contributed by atoms with Crippen molar-refractivity contribution in [1.29, 1.82) is 0 Å². The third-order valence-electron chi connectivity index (χ3n) is 2.07. The minimum Gasteiger partial charge on any atom is -0.468 e. The number of carbonyl (C=O) groups is 1. The number of rotatable bonds is 4. The van der Waals surface area contributed by atoms with E-state index >= 15 is 0 Å². The summed E-state index contributed by atoms with van der Waals surface area (Å²) in [4.78, 5) is 15.3. The summed E-state index contributed by atoms with van der Waals surface area (Å²) in [7, 11) is -2.76. The summed E-state index contributed by atoms with van der Waals surface area (Å²) in [5.74, 6) is -0.694. The molecule has 18 heavy (non-hydrogen) atoms. The Morgan fingerprint density at radius 1 is 1.67 bits per heavy atom. The van der Waals surface area contributed by atoms with Gasteiger partial charge in [0.25, 0.3) is 10.0 Å². The summed E-state index contributed by atoms with van der Waals surface area (Å²) in [5.41, 5.74) is 0. The lowest BCUT2D eigenvalue weighted by Gasteiger charge is -2.04. The third kappa shape index (κ3) is 2.34. The van der Waals surface area contributed by atoms with Gasteiger partial charge in [0.05, 0.1) is 7.11 Å². The van der Waals surface area contributed by atoms with Crippen molar-refractivity contribution in [3.63, 3.8) is 0 Å². The van der Waals surface area contributed by atoms with Crippen LogP contribution in [-0.2, 0) is 19.6 Å². The summed E-state index contributed by atoms with van der Waals surface area (Å²) in [5, 5.41) is 1.35. The highest BCUT2D eigenvalue weighted by Crippen LogP contribution is 2.24. The molecule has 0 atom stereocenters. The molecule has 2 aromatic heterocycles. The van der Waals surface area contributed by atoms with E-state index in [-0.39, 0.29) is 10.2 Å². The molecule has 98 valence electrons. The van der Waals surface area contributed by atoms with Crippen molar-refractivity contribution in [3.8, 4) is 0 Å². The Kier molecular flexibility index (Phi) is 3.57. The molecule has 0 spiro atoms. The first-order chi connectivity index (χ1) is 8.45. The molecular formula is C8H8ClN3O4S2. The third-order valence-corrected chi connectivity index (χ3v) is 4.62. The molecule has 2 heterocycles. The van der Waals surface area contributed by atoms with Crippen LogP contribution in [0.2, 0.25) is 5.15 Å². The van der Waals surface area contributed by atoms with Crippen molar-refractivity contribution in [1.82, 2.24) is 14.1 Å². The molecule has 2 aromatic rings. The van der Waals surface area contributed by atoms with Gasteiger partial charge in [0.1, 0.15) is 6.54 Å². The van der Waals surface area contributed by atoms with Crippen molar-refractivity contribution >= 4 is 43.9 Å². The van der Waals surface area contributed by atoms with Crippen LogP contribution in [0.5, 0.6) is 0 Å². The fourth-order valence-corrected chi connectivity index (χ4v) is 3.69. The number of hydrogen-bond donors (Lipinski definition) is 1. The zero-order chi connectivity index (χ0) is 13.3. The highest BCUT2D eigenvalue weighted by Gasteiger charge is 2.25. The predicted molar refractivity (Wildman–Crippen MR) is 65.3 cm³/mol. The average Bonchev–Trinajstić information content (AvgIpc) is 2.84. The van der Waals surface area contributed by atoms with Crippen molar-refractivity contribution in [3.05, 3.63) is 16.7 Å². The number of imidazole rings is 1. The monoisotopic (exact) mass is 309 g/mol. The van der Waals surface area contributed by atoms with Crippen molar-refractivity contribution in [2.24, 2.45) is 0 Å². The van der Waals surface area contributed by atoms with Crippen LogP contribution in [0.15, 0.2) is 16.6 Å². The number of ether oxygens (including phenoxy) is 1. The van der Waals surface area contributed by atoms with E-state index in [9.17, 15) is 13.2 Å². The zero-order valence-electron chi connectivity index (χ0n) is 9.08. The normalized spacial score (nSPS) is 11.9. The number of aromatic nitrogens is 2. The quantitative estimate of drug-likeness (QED) is 0.831. The zero-order valence-corrected chi connectivity index (χ0v) is 11.5. The lowest BCUT2D eigenvalue weighted by Crippen LogP contribution is -2.31. The van der Waals surface area contributed by atoms with Crippen LogP contribution >= 0.6 is 22.9 Å². The number of fused-ring (bicyclic) bond motifs is 1. The SMILES string of the molecule is COC(=O)CNS(=O)(=O)c1c(Cl)nc2sccn12. The Labute approximate surface area is 111 Å². The van der Waals surface area contributed by atoms with Gasteiger partial charge in [-0.05, 0) is 0 Å². The fraction of sp³-hybridized carbons (Fsp3) is 0.250. The van der Waals surface area contributed by atoms with Gasteiger partial charge in [-0.1, -0.05) is 11.6 Å². The second kappa shape index (κ2) is 4.84. The number of halogens is 1. The van der Waals surface area contributed by atoms with Gasteiger partial charge in [-0.15, -0.1) is 11.3 Å². The number of sulfonamides is 1. The van der Waals surface area contributed by atoms with E-state index in [0.29, 0.717) is 4.96 Å². The first-order valence-electron chi connectivity index (χ1n) is 4.63. The van der Waals surface area contributed by atoms with E-state index in [2.05, 4.69) is 14.4 Å². The van der Waals surface area contributed by atoms with Crippen LogP contribution in [-0.4, -0.2) is 37.4 Å². The molecule has 0 aliphatic carbocycles. The maximum Gasteiger partial charge on any atom is 0.320 e. The molecule has 0 saturated carbocycles. The molecule has 0 aliphatic rings. The number of nitrogens with zero attached hydrogens (tertiary/aromatic N) is 2. The van der Waals surface area contributed by atoms with E-state index in [4.69, 9.17) is 11.6 Å². The van der Waals surface area contributed by atoms with Crippen molar-refractivity contribution < 1.29 is 17.9 Å². The standard InChI is InChI=1S/C8H8ClN3O4S2/c1-16-5(13)4-10-18(14,15)7-6(9)11-8-12(7)2-3-17-8/h2-3,10H,4H2,1H3. The van der Waals surface area contributed by atoms with Gasteiger partial charge < -0.3 is 4.74 Å². The summed E-state index contributed by atoms with van der Waals surface area (Å²) in [6, 6.07) is 0. The number of esters is 1. The summed E-state index contributed by atoms with van der Waals surface area (Å²) in [6.07, 6.45) is 1.53. The van der Waals surface area contributed by atoms with Crippen LogP contribution < -0.4 is 4.72 Å². The number of thiazole rings is 1. The summed E-state index contributed by atoms with van der Waals surface area (Å²) in [6.45, 7) is -0.466. The van der Waals surface area contributed by atoms with E-state index in [0.717, 1.165) is 0 Å². The predicted octanol–water partition coefficient (Wildman–Crippen LogP) is 0.500. The van der Waals surface area contributed by atoms with Gasteiger partial charge in [-0.3, -0.25) is 9.20 Å². The van der Waals surface area contributed by atoms with Crippen LogP contribution in [0.3, 0.4) is 0 Å². The van der Waals surface area contributed by atoms with Crippen LogP contribution in [0, 0.1) is 0 Å². The Morgan fingerprint density at radius 2 is 2.39 bits per heavy atom. The first kappa shape index (κ1) is 13.3. The van der Waals surface area contributed by atoms with E-state index in [1.54, 1.807) is 5.38 Å². The molecule has 7 nitrogen and oxygen atoms in total. The maximum absolute atomic E-state index is 12.0. The smallest absolute Gasteiger partial charge is 0.320 e. The molecule has 0 aromatic carbocycles. The molecule has 0 aliphatic heterocycles. The van der Waals surface area contributed by atoms with Gasteiger partial charge in [-0.25, -0.2) is 13.4 Å². The second-order valence-corrected chi connectivity index (χ2v) is 6.08. The summed E-state index contributed by atoms with van der Waals surface area (Å²) < 4.78 is 31.8. The number of carbonyl (C=O) groups excluding carboxylic acids is 1.